The van der Waals surface area contributed by atoms with E-state index in [0.29, 0.717) is 34.6 Å². The van der Waals surface area contributed by atoms with E-state index in [9.17, 15) is 4.79 Å². The summed E-state index contributed by atoms with van der Waals surface area (Å²) in [5.74, 6) is 1.55. The summed E-state index contributed by atoms with van der Waals surface area (Å²) in [7, 11) is 3.10. The first-order valence-corrected chi connectivity index (χ1v) is 7.57. The summed E-state index contributed by atoms with van der Waals surface area (Å²) in [6.45, 7) is 3.78. The Kier molecular flexibility index (Phi) is 4.38. The second kappa shape index (κ2) is 6.62. The predicted octanol–water partition coefficient (Wildman–Crippen LogP) is 4.21. The number of benzene rings is 2. The molecule has 4 heteroatoms. The average Bonchev–Trinajstić information content (AvgIpc) is 2.62. The van der Waals surface area contributed by atoms with Crippen molar-refractivity contribution in [2.75, 3.05) is 14.2 Å². The van der Waals surface area contributed by atoms with Crippen molar-refractivity contribution in [3.8, 4) is 22.8 Å². The predicted molar refractivity (Wildman–Crippen MR) is 94.9 cm³/mol. The molecule has 0 N–H and O–H groups in total. The molecule has 0 saturated carbocycles. The van der Waals surface area contributed by atoms with Crippen LogP contribution < -0.4 is 14.9 Å². The molecule has 24 heavy (non-hydrogen) atoms. The number of fused-ring (bicyclic) bond motifs is 1. The monoisotopic (exact) mass is 322 g/mol. The highest BCUT2D eigenvalue weighted by Gasteiger charge is 2.19. The number of rotatable bonds is 5. The van der Waals surface area contributed by atoms with Crippen molar-refractivity contribution < 1.29 is 13.9 Å². The van der Waals surface area contributed by atoms with Crippen LogP contribution >= 0.6 is 0 Å². The van der Waals surface area contributed by atoms with E-state index in [1.54, 1.807) is 19.3 Å². The minimum absolute atomic E-state index is 0.153. The molecule has 0 aliphatic rings. The van der Waals surface area contributed by atoms with Gasteiger partial charge in [0.1, 0.15) is 28.2 Å². The van der Waals surface area contributed by atoms with Gasteiger partial charge < -0.3 is 13.9 Å². The third-order valence-electron chi connectivity index (χ3n) is 3.87. The molecule has 0 saturated heterocycles. The van der Waals surface area contributed by atoms with E-state index in [1.807, 2.05) is 30.3 Å². The van der Waals surface area contributed by atoms with Crippen LogP contribution in [-0.2, 0) is 6.42 Å². The molecule has 122 valence electrons. The third-order valence-corrected chi connectivity index (χ3v) is 3.87. The second-order valence-electron chi connectivity index (χ2n) is 5.30. The SMILES string of the molecule is C=CCc1c(OC)cc(OC)c2c(=O)cc(-c3ccccc3)oc12. The van der Waals surface area contributed by atoms with Crippen molar-refractivity contribution in [2.45, 2.75) is 6.42 Å². The van der Waals surface area contributed by atoms with Gasteiger partial charge in [-0.25, -0.2) is 0 Å². The van der Waals surface area contributed by atoms with Gasteiger partial charge in [0.2, 0.25) is 0 Å². The van der Waals surface area contributed by atoms with Crippen LogP contribution in [0.4, 0.5) is 0 Å². The normalized spacial score (nSPS) is 10.6. The lowest BCUT2D eigenvalue weighted by Gasteiger charge is -2.14. The zero-order valence-electron chi connectivity index (χ0n) is 13.7. The van der Waals surface area contributed by atoms with E-state index in [0.717, 1.165) is 11.1 Å². The van der Waals surface area contributed by atoms with Gasteiger partial charge in [-0.3, -0.25) is 4.79 Å². The van der Waals surface area contributed by atoms with E-state index < -0.39 is 0 Å². The highest BCUT2D eigenvalue weighted by atomic mass is 16.5. The fraction of sp³-hybridized carbons (Fsp3) is 0.150. The molecule has 0 radical (unpaired) electrons. The average molecular weight is 322 g/mol. The Morgan fingerprint density at radius 3 is 2.42 bits per heavy atom. The molecule has 0 atom stereocenters. The summed E-state index contributed by atoms with van der Waals surface area (Å²) >= 11 is 0. The van der Waals surface area contributed by atoms with Crippen LogP contribution in [0.15, 0.2) is 64.3 Å². The lowest BCUT2D eigenvalue weighted by Crippen LogP contribution is -2.06. The van der Waals surface area contributed by atoms with Gasteiger partial charge in [-0.1, -0.05) is 36.4 Å². The van der Waals surface area contributed by atoms with Crippen LogP contribution in [0.25, 0.3) is 22.3 Å². The number of methoxy groups -OCH3 is 2. The molecule has 4 nitrogen and oxygen atoms in total. The molecule has 3 rings (SSSR count). The van der Waals surface area contributed by atoms with Crippen molar-refractivity contribution >= 4 is 11.0 Å². The fourth-order valence-electron chi connectivity index (χ4n) is 2.76. The summed E-state index contributed by atoms with van der Waals surface area (Å²) in [6, 6.07) is 12.7. The lowest BCUT2D eigenvalue weighted by atomic mass is 10.0. The largest absolute Gasteiger partial charge is 0.496 e. The molecule has 3 aromatic rings. The van der Waals surface area contributed by atoms with Gasteiger partial charge in [-0.15, -0.1) is 6.58 Å². The lowest BCUT2D eigenvalue weighted by molar-refractivity contribution is 0.393. The van der Waals surface area contributed by atoms with Crippen LogP contribution in [-0.4, -0.2) is 14.2 Å². The summed E-state index contributed by atoms with van der Waals surface area (Å²) < 4.78 is 16.9. The second-order valence-corrected chi connectivity index (χ2v) is 5.30. The summed E-state index contributed by atoms with van der Waals surface area (Å²) in [4.78, 5) is 12.7. The Morgan fingerprint density at radius 1 is 1.08 bits per heavy atom. The molecule has 1 aromatic heterocycles. The summed E-state index contributed by atoms with van der Waals surface area (Å²) in [5.41, 5.74) is 1.93. The first kappa shape index (κ1) is 15.9. The molecular weight excluding hydrogens is 304 g/mol. The minimum Gasteiger partial charge on any atom is -0.496 e. The molecule has 0 amide bonds. The van der Waals surface area contributed by atoms with E-state index in [2.05, 4.69) is 6.58 Å². The van der Waals surface area contributed by atoms with Crippen LogP contribution in [0, 0.1) is 0 Å². The number of allylic oxidation sites excluding steroid dienone is 1. The molecule has 0 fully saturated rings. The molecule has 0 spiro atoms. The van der Waals surface area contributed by atoms with Gasteiger partial charge in [0, 0.05) is 23.3 Å². The number of ether oxygens (including phenoxy) is 2. The van der Waals surface area contributed by atoms with Gasteiger partial charge in [0.15, 0.2) is 5.43 Å². The van der Waals surface area contributed by atoms with Gasteiger partial charge in [0.05, 0.1) is 14.2 Å². The van der Waals surface area contributed by atoms with Gasteiger partial charge >= 0.3 is 0 Å². The standard InChI is InChI=1S/C20H18O4/c1-4-8-14-17(22-2)12-18(23-3)19-15(21)11-16(24-20(14)19)13-9-6-5-7-10-13/h4-7,9-12H,1,8H2,2-3H3. The number of hydrogen-bond donors (Lipinski definition) is 0. The maximum atomic E-state index is 12.7. The van der Waals surface area contributed by atoms with E-state index in [-0.39, 0.29) is 5.43 Å². The van der Waals surface area contributed by atoms with Crippen molar-refractivity contribution in [3.63, 3.8) is 0 Å². The van der Waals surface area contributed by atoms with Crippen molar-refractivity contribution in [1.29, 1.82) is 0 Å². The van der Waals surface area contributed by atoms with Crippen LogP contribution in [0.3, 0.4) is 0 Å². The maximum absolute atomic E-state index is 12.7. The first-order valence-electron chi connectivity index (χ1n) is 7.57. The highest BCUT2D eigenvalue weighted by Crippen LogP contribution is 2.36. The van der Waals surface area contributed by atoms with Crippen molar-refractivity contribution in [1.82, 2.24) is 0 Å². The molecular formula is C20H18O4. The number of hydrogen-bond acceptors (Lipinski definition) is 4. The molecule has 0 aliphatic heterocycles. The Morgan fingerprint density at radius 2 is 1.79 bits per heavy atom. The summed E-state index contributed by atoms with van der Waals surface area (Å²) in [6.07, 6.45) is 2.27. The Balaban J connectivity index is 2.41. The van der Waals surface area contributed by atoms with Crippen molar-refractivity contribution in [2.24, 2.45) is 0 Å². The quantitative estimate of drug-likeness (QED) is 0.660. The minimum atomic E-state index is -0.153. The van der Waals surface area contributed by atoms with E-state index in [1.165, 1.54) is 13.2 Å². The highest BCUT2D eigenvalue weighted by molar-refractivity contribution is 5.89. The van der Waals surface area contributed by atoms with Gasteiger partial charge in [-0.2, -0.15) is 0 Å². The molecule has 1 heterocycles. The summed E-state index contributed by atoms with van der Waals surface area (Å²) in [5, 5.41) is 0.412. The molecule has 0 aliphatic carbocycles. The molecule has 2 aromatic carbocycles. The van der Waals surface area contributed by atoms with Crippen LogP contribution in [0.5, 0.6) is 11.5 Å². The van der Waals surface area contributed by atoms with E-state index in [4.69, 9.17) is 13.9 Å². The van der Waals surface area contributed by atoms with Gasteiger partial charge in [-0.05, 0) is 6.42 Å². The zero-order chi connectivity index (χ0) is 17.1. The maximum Gasteiger partial charge on any atom is 0.197 e. The Hall–Kier alpha value is -3.01. The molecule has 0 bridgehead atoms. The Bertz CT molecular complexity index is 939. The third kappa shape index (κ3) is 2.67. The van der Waals surface area contributed by atoms with E-state index >= 15 is 0 Å². The smallest absolute Gasteiger partial charge is 0.197 e. The van der Waals surface area contributed by atoms with Gasteiger partial charge in [0.25, 0.3) is 0 Å². The van der Waals surface area contributed by atoms with Crippen LogP contribution in [0.1, 0.15) is 5.56 Å². The fourth-order valence-corrected chi connectivity index (χ4v) is 2.76. The van der Waals surface area contributed by atoms with Crippen LogP contribution in [0.2, 0.25) is 0 Å². The first-order chi connectivity index (χ1) is 11.7. The Labute approximate surface area is 139 Å². The topological polar surface area (TPSA) is 48.7 Å². The zero-order valence-corrected chi connectivity index (χ0v) is 13.7. The molecule has 0 unspecified atom stereocenters. The van der Waals surface area contributed by atoms with Crippen molar-refractivity contribution in [3.05, 3.63) is 70.9 Å².